The maximum Gasteiger partial charge on any atom is 0.259 e. The van der Waals surface area contributed by atoms with Gasteiger partial charge >= 0.3 is 0 Å². The highest BCUT2D eigenvalue weighted by molar-refractivity contribution is 7.99. The number of aromatic amines is 1. The second-order valence-electron chi connectivity index (χ2n) is 8.37. The molecule has 0 bridgehead atoms. The van der Waals surface area contributed by atoms with Crippen LogP contribution in [0.1, 0.15) is 43.5 Å². The Morgan fingerprint density at radius 1 is 1.33 bits per heavy atom. The van der Waals surface area contributed by atoms with Crippen molar-refractivity contribution in [3.05, 3.63) is 26.6 Å². The zero-order valence-electron chi connectivity index (χ0n) is 18.0. The van der Waals surface area contributed by atoms with Crippen molar-refractivity contribution in [3.8, 4) is 0 Å². The minimum absolute atomic E-state index is 0.0471. The summed E-state index contributed by atoms with van der Waals surface area (Å²) in [6.45, 7) is 10.3. The molecule has 10 heteroatoms. The quantitative estimate of drug-likeness (QED) is 0.666. The molecular weight excluding hydrogens is 442 g/mol. The van der Waals surface area contributed by atoms with Crippen LogP contribution in [0.5, 0.6) is 0 Å². The number of fused-ring (bicyclic) bond motifs is 1. The molecule has 0 aliphatic carbocycles. The number of aromatic nitrogens is 2. The van der Waals surface area contributed by atoms with Crippen molar-refractivity contribution >= 4 is 49.1 Å². The smallest absolute Gasteiger partial charge is 0.259 e. The molecule has 166 valence electrons. The molecule has 0 radical (unpaired) electrons. The number of carbonyl (C=O) groups excluding carboxylic acids is 1. The molecule has 2 aromatic rings. The molecule has 1 aliphatic rings. The first-order valence-electron chi connectivity index (χ1n) is 10.1. The number of amides is 1. The number of hydrogen-bond acceptors (Lipinski definition) is 7. The molecule has 0 saturated carbocycles. The number of aryl methyl sites for hydroxylation is 2. The predicted molar refractivity (Wildman–Crippen MR) is 124 cm³/mol. The van der Waals surface area contributed by atoms with Gasteiger partial charge in [-0.25, -0.2) is 13.4 Å². The first kappa shape index (κ1) is 23.3. The van der Waals surface area contributed by atoms with Gasteiger partial charge in [0.05, 0.1) is 27.9 Å². The molecule has 3 rings (SSSR count). The Bertz CT molecular complexity index is 1100. The number of sulfone groups is 1. The number of thioether (sulfide) groups is 1. The second-order valence-corrected chi connectivity index (χ2v) is 13.1. The van der Waals surface area contributed by atoms with Crippen LogP contribution in [-0.4, -0.2) is 58.5 Å². The third-order valence-corrected chi connectivity index (χ3v) is 9.39. The Hall–Kier alpha value is -1.39. The van der Waals surface area contributed by atoms with Crippen LogP contribution in [0.4, 0.5) is 0 Å². The fraction of sp³-hybridized carbons (Fsp3) is 0.650. The van der Waals surface area contributed by atoms with Gasteiger partial charge in [0.15, 0.2) is 9.84 Å². The summed E-state index contributed by atoms with van der Waals surface area (Å²) in [7, 11) is -3.07. The van der Waals surface area contributed by atoms with Crippen molar-refractivity contribution in [2.24, 2.45) is 5.92 Å². The Morgan fingerprint density at radius 3 is 2.63 bits per heavy atom. The third kappa shape index (κ3) is 5.08. The van der Waals surface area contributed by atoms with Gasteiger partial charge < -0.3 is 9.88 Å². The molecule has 7 nitrogen and oxygen atoms in total. The molecule has 2 atom stereocenters. The average molecular weight is 472 g/mol. The molecule has 2 aromatic heterocycles. The van der Waals surface area contributed by atoms with Gasteiger partial charge in [-0.05, 0) is 38.7 Å². The largest absolute Gasteiger partial charge is 0.337 e. The van der Waals surface area contributed by atoms with Crippen LogP contribution >= 0.6 is 23.1 Å². The normalized spacial score (nSPS) is 19.5. The Balaban J connectivity index is 1.72. The summed E-state index contributed by atoms with van der Waals surface area (Å²) in [5, 5.41) is 0.279. The molecule has 0 spiro atoms. The van der Waals surface area contributed by atoms with Crippen molar-refractivity contribution in [3.63, 3.8) is 0 Å². The highest BCUT2D eigenvalue weighted by atomic mass is 32.2. The van der Waals surface area contributed by atoms with Crippen LogP contribution in [0.3, 0.4) is 0 Å². The SMILES string of the molecule is Cc1sc2nc(CS[C@H](C)C(=O)N(CC(C)C)[C@H]3CCS(=O)(=O)C3)[nH]c(=O)c2c1C. The number of rotatable bonds is 7. The summed E-state index contributed by atoms with van der Waals surface area (Å²) in [6.07, 6.45) is 0.501. The van der Waals surface area contributed by atoms with Gasteiger partial charge in [0.1, 0.15) is 10.7 Å². The zero-order chi connectivity index (χ0) is 22.2. The number of H-pyrrole nitrogens is 1. The van der Waals surface area contributed by atoms with E-state index in [0.29, 0.717) is 29.9 Å². The molecule has 1 amide bonds. The highest BCUT2D eigenvalue weighted by Gasteiger charge is 2.36. The van der Waals surface area contributed by atoms with E-state index in [1.54, 1.807) is 4.90 Å². The van der Waals surface area contributed by atoms with Crippen molar-refractivity contribution in [1.82, 2.24) is 14.9 Å². The first-order valence-corrected chi connectivity index (χ1v) is 13.8. The summed E-state index contributed by atoms with van der Waals surface area (Å²) in [5.41, 5.74) is 0.816. The van der Waals surface area contributed by atoms with Crippen LogP contribution in [-0.2, 0) is 20.4 Å². The number of thiophene rings is 1. The van der Waals surface area contributed by atoms with E-state index in [2.05, 4.69) is 9.97 Å². The van der Waals surface area contributed by atoms with E-state index in [1.165, 1.54) is 23.1 Å². The van der Waals surface area contributed by atoms with E-state index in [4.69, 9.17) is 0 Å². The summed E-state index contributed by atoms with van der Waals surface area (Å²) < 4.78 is 23.8. The van der Waals surface area contributed by atoms with Gasteiger partial charge in [-0.2, -0.15) is 0 Å². The summed E-state index contributed by atoms with van der Waals surface area (Å²) in [6, 6.07) is -0.251. The van der Waals surface area contributed by atoms with E-state index in [9.17, 15) is 18.0 Å². The number of nitrogens with one attached hydrogen (secondary N) is 1. The Morgan fingerprint density at radius 2 is 2.03 bits per heavy atom. The van der Waals surface area contributed by atoms with Crippen LogP contribution in [0.2, 0.25) is 0 Å². The van der Waals surface area contributed by atoms with Crippen molar-refractivity contribution in [2.75, 3.05) is 18.1 Å². The lowest BCUT2D eigenvalue weighted by atomic mass is 10.1. The Kier molecular flexibility index (Phi) is 6.98. The van der Waals surface area contributed by atoms with Gasteiger partial charge in [0.25, 0.3) is 5.56 Å². The monoisotopic (exact) mass is 471 g/mol. The van der Waals surface area contributed by atoms with Gasteiger partial charge in [-0.3, -0.25) is 9.59 Å². The van der Waals surface area contributed by atoms with Gasteiger partial charge in [0, 0.05) is 17.5 Å². The lowest BCUT2D eigenvalue weighted by molar-refractivity contribution is -0.132. The maximum absolute atomic E-state index is 13.1. The van der Waals surface area contributed by atoms with Gasteiger partial charge in [-0.1, -0.05) is 13.8 Å². The molecule has 0 aromatic carbocycles. The molecule has 30 heavy (non-hydrogen) atoms. The maximum atomic E-state index is 13.1. The molecule has 1 aliphatic heterocycles. The summed E-state index contributed by atoms with van der Waals surface area (Å²) in [4.78, 5) is 36.6. The highest BCUT2D eigenvalue weighted by Crippen LogP contribution is 2.27. The average Bonchev–Trinajstić information content (AvgIpc) is 3.15. The van der Waals surface area contributed by atoms with Gasteiger partial charge in [0.2, 0.25) is 5.91 Å². The van der Waals surface area contributed by atoms with Crippen LogP contribution < -0.4 is 5.56 Å². The fourth-order valence-corrected chi connectivity index (χ4v) is 7.31. The first-order chi connectivity index (χ1) is 14.0. The molecule has 1 N–H and O–H groups in total. The summed E-state index contributed by atoms with van der Waals surface area (Å²) in [5.74, 6) is 1.35. The summed E-state index contributed by atoms with van der Waals surface area (Å²) >= 11 is 2.91. The van der Waals surface area contributed by atoms with Crippen LogP contribution in [0, 0.1) is 19.8 Å². The third-order valence-electron chi connectivity index (χ3n) is 5.40. The van der Waals surface area contributed by atoms with E-state index in [-0.39, 0.29) is 40.2 Å². The van der Waals surface area contributed by atoms with Crippen molar-refractivity contribution < 1.29 is 13.2 Å². The van der Waals surface area contributed by atoms with Crippen molar-refractivity contribution in [1.29, 1.82) is 0 Å². The minimum atomic E-state index is -3.07. The van der Waals surface area contributed by atoms with E-state index in [1.807, 2.05) is 34.6 Å². The van der Waals surface area contributed by atoms with E-state index < -0.39 is 9.84 Å². The van der Waals surface area contributed by atoms with Crippen LogP contribution in [0.15, 0.2) is 4.79 Å². The lowest BCUT2D eigenvalue weighted by Gasteiger charge is -2.32. The van der Waals surface area contributed by atoms with E-state index in [0.717, 1.165) is 15.3 Å². The molecule has 1 fully saturated rings. The predicted octanol–water partition coefficient (Wildman–Crippen LogP) is 2.89. The standard InChI is InChI=1S/C20H29N3O4S3/c1-11(2)8-23(15-6-7-30(26,27)10-15)20(25)14(5)28-9-16-21-18(24)17-12(3)13(4)29-19(17)22-16/h11,14-15H,6-10H2,1-5H3,(H,21,22,24)/t14-,15+/m1/s1. The minimum Gasteiger partial charge on any atom is -0.337 e. The van der Waals surface area contributed by atoms with E-state index >= 15 is 0 Å². The number of carbonyl (C=O) groups is 1. The van der Waals surface area contributed by atoms with Crippen molar-refractivity contribution in [2.45, 2.75) is 58.1 Å². The molecule has 0 unspecified atom stereocenters. The van der Waals surface area contributed by atoms with Crippen LogP contribution in [0.25, 0.3) is 10.2 Å². The molecule has 1 saturated heterocycles. The van der Waals surface area contributed by atoms with Gasteiger partial charge in [-0.15, -0.1) is 23.1 Å². The number of hydrogen-bond donors (Lipinski definition) is 1. The molecule has 3 heterocycles. The Labute approximate surface area is 185 Å². The second kappa shape index (κ2) is 9.00. The fourth-order valence-electron chi connectivity index (χ4n) is 3.71. The molecular formula is C20H29N3O4S3. The number of nitrogens with zero attached hydrogens (tertiary/aromatic N) is 2. The zero-order valence-corrected chi connectivity index (χ0v) is 20.5. The topological polar surface area (TPSA) is 100 Å². The lowest BCUT2D eigenvalue weighted by Crippen LogP contribution is -2.46.